The highest BCUT2D eigenvalue weighted by molar-refractivity contribution is 5.90. The molecule has 1 aromatic carbocycles. The Morgan fingerprint density at radius 3 is 2.50 bits per heavy atom. The number of carbonyl (C=O) groups is 2. The number of para-hydroxylation sites is 1. The van der Waals surface area contributed by atoms with Gasteiger partial charge in [-0.15, -0.1) is 0 Å². The lowest BCUT2D eigenvalue weighted by Crippen LogP contribution is -2.26. The summed E-state index contributed by atoms with van der Waals surface area (Å²) in [6.07, 6.45) is 4.84. The van der Waals surface area contributed by atoms with E-state index in [0.717, 1.165) is 42.3 Å². The highest BCUT2D eigenvalue weighted by atomic mass is 16.4. The van der Waals surface area contributed by atoms with Crippen LogP contribution in [0.15, 0.2) is 53.8 Å². The molecule has 9 nitrogen and oxygen atoms in total. The van der Waals surface area contributed by atoms with Gasteiger partial charge in [0.15, 0.2) is 0 Å². The second kappa shape index (κ2) is 9.62. The molecule has 0 atom stereocenters. The molecular weight excluding hydrogens is 338 g/mol. The largest absolute Gasteiger partial charge is 0.478 e. The van der Waals surface area contributed by atoms with E-state index in [-0.39, 0.29) is 0 Å². The number of nitrogens with one attached hydrogen (secondary N) is 3. The number of rotatable bonds is 6. The molecule has 0 spiro atoms. The molecule has 3 rings (SSSR count). The number of amidine groups is 1. The van der Waals surface area contributed by atoms with Crippen LogP contribution in [0.4, 0.5) is 5.69 Å². The number of benzene rings is 1. The first kappa shape index (κ1) is 18.7. The van der Waals surface area contributed by atoms with Crippen molar-refractivity contribution in [2.75, 3.05) is 25.0 Å². The average Bonchev–Trinajstić information content (AvgIpc) is 3.33. The molecule has 2 aromatic rings. The molecule has 0 bridgehead atoms. The summed E-state index contributed by atoms with van der Waals surface area (Å²) in [6, 6.07) is 8.20. The van der Waals surface area contributed by atoms with Crippen molar-refractivity contribution < 1.29 is 19.8 Å². The van der Waals surface area contributed by atoms with Gasteiger partial charge < -0.3 is 20.8 Å². The van der Waals surface area contributed by atoms with E-state index in [9.17, 15) is 9.59 Å². The minimum atomic E-state index is -1.26. The summed E-state index contributed by atoms with van der Waals surface area (Å²) >= 11 is 0. The summed E-state index contributed by atoms with van der Waals surface area (Å²) in [5.41, 5.74) is 3.32. The van der Waals surface area contributed by atoms with Gasteiger partial charge >= 0.3 is 11.9 Å². The maximum atomic E-state index is 9.55. The molecule has 1 aromatic heterocycles. The van der Waals surface area contributed by atoms with Gasteiger partial charge in [-0.3, -0.25) is 10.1 Å². The van der Waals surface area contributed by atoms with Crippen LogP contribution < -0.4 is 10.6 Å². The first-order chi connectivity index (χ1) is 12.6. The van der Waals surface area contributed by atoms with Gasteiger partial charge in [0.05, 0.1) is 19.3 Å². The monoisotopic (exact) mass is 357 g/mol. The van der Waals surface area contributed by atoms with Gasteiger partial charge in [-0.2, -0.15) is 5.10 Å². The highest BCUT2D eigenvalue weighted by Crippen LogP contribution is 2.26. The van der Waals surface area contributed by atoms with E-state index in [0.29, 0.717) is 12.2 Å². The van der Waals surface area contributed by atoms with Crippen LogP contribution in [0.25, 0.3) is 11.1 Å². The summed E-state index contributed by atoms with van der Waals surface area (Å²) in [5.74, 6) is -1.49. The molecule has 9 heteroatoms. The van der Waals surface area contributed by atoms with Crippen molar-refractivity contribution in [2.24, 2.45) is 4.99 Å². The number of aromatic nitrogens is 2. The van der Waals surface area contributed by atoms with Gasteiger partial charge in [0.25, 0.3) is 0 Å². The zero-order valence-corrected chi connectivity index (χ0v) is 13.8. The molecule has 2 heterocycles. The Kier molecular flexibility index (Phi) is 6.93. The number of hydrogen-bond acceptors (Lipinski definition) is 6. The lowest BCUT2D eigenvalue weighted by Gasteiger charge is -2.11. The third kappa shape index (κ3) is 6.11. The highest BCUT2D eigenvalue weighted by Gasteiger charge is 2.08. The van der Waals surface area contributed by atoms with E-state index in [1.54, 1.807) is 0 Å². The van der Waals surface area contributed by atoms with Crippen molar-refractivity contribution in [3.05, 3.63) is 48.8 Å². The Balaban J connectivity index is 0.000000260. The van der Waals surface area contributed by atoms with Gasteiger partial charge in [0.1, 0.15) is 5.84 Å². The predicted octanol–water partition coefficient (Wildman–Crippen LogP) is 1.20. The molecule has 5 N–H and O–H groups in total. The minimum Gasteiger partial charge on any atom is -0.478 e. The number of H-pyrrole nitrogens is 1. The smallest absolute Gasteiger partial charge is 0.328 e. The number of nitrogens with zero attached hydrogens (tertiary/aromatic N) is 2. The Labute approximate surface area is 149 Å². The maximum absolute atomic E-state index is 9.55. The van der Waals surface area contributed by atoms with E-state index < -0.39 is 11.9 Å². The van der Waals surface area contributed by atoms with Crippen molar-refractivity contribution >= 4 is 23.5 Å². The fourth-order valence-corrected chi connectivity index (χ4v) is 2.17. The normalized spacial score (nSPS) is 12.7. The van der Waals surface area contributed by atoms with Crippen LogP contribution in [0.3, 0.4) is 0 Å². The first-order valence-electron chi connectivity index (χ1n) is 7.79. The van der Waals surface area contributed by atoms with Crippen molar-refractivity contribution in [1.82, 2.24) is 15.5 Å². The second-order valence-electron chi connectivity index (χ2n) is 5.15. The SMILES string of the molecule is O=C(O)/C=C/C(=O)O.c1ccc(-c2cn[nH]c2)c(NCC2=NCCN2)c1. The number of aromatic amines is 1. The first-order valence-corrected chi connectivity index (χ1v) is 7.79. The quantitative estimate of drug-likeness (QED) is 0.489. The molecule has 0 radical (unpaired) electrons. The van der Waals surface area contributed by atoms with E-state index in [1.807, 2.05) is 24.5 Å². The molecule has 0 saturated heterocycles. The van der Waals surface area contributed by atoms with Gasteiger partial charge in [-0.1, -0.05) is 18.2 Å². The molecule has 0 unspecified atom stereocenters. The Morgan fingerprint density at radius 1 is 1.19 bits per heavy atom. The summed E-state index contributed by atoms with van der Waals surface area (Å²) < 4.78 is 0. The second-order valence-corrected chi connectivity index (χ2v) is 5.15. The van der Waals surface area contributed by atoms with Crippen LogP contribution >= 0.6 is 0 Å². The Hall–Kier alpha value is -3.62. The van der Waals surface area contributed by atoms with Gasteiger partial charge in [-0.05, 0) is 6.07 Å². The van der Waals surface area contributed by atoms with Crippen LogP contribution in [-0.4, -0.2) is 57.8 Å². The molecule has 26 heavy (non-hydrogen) atoms. The Bertz CT molecular complexity index is 783. The fourth-order valence-electron chi connectivity index (χ4n) is 2.17. The molecule has 0 amide bonds. The minimum absolute atomic E-state index is 0.558. The van der Waals surface area contributed by atoms with E-state index in [1.165, 1.54) is 0 Å². The van der Waals surface area contributed by atoms with Gasteiger partial charge in [-0.25, -0.2) is 9.59 Å². The fraction of sp³-hybridized carbons (Fsp3) is 0.176. The molecule has 0 aliphatic carbocycles. The standard InChI is InChI=1S/C13H15N5.C4H4O4/c1-2-4-12(16-9-13-14-5-6-15-13)11(3-1)10-7-17-18-8-10;5-3(6)1-2-4(7)8/h1-4,7-8,16H,5-6,9H2,(H,14,15)(H,17,18);1-2H,(H,5,6)(H,7,8)/b;2-1+. The molecule has 1 aliphatic heterocycles. The lowest BCUT2D eigenvalue weighted by atomic mass is 10.1. The van der Waals surface area contributed by atoms with Crippen LogP contribution in [-0.2, 0) is 9.59 Å². The summed E-state index contributed by atoms with van der Waals surface area (Å²) in [7, 11) is 0. The molecule has 0 fully saturated rings. The topological polar surface area (TPSA) is 140 Å². The lowest BCUT2D eigenvalue weighted by molar-refractivity contribution is -0.134. The van der Waals surface area contributed by atoms with Crippen LogP contribution in [0.2, 0.25) is 0 Å². The van der Waals surface area contributed by atoms with Crippen molar-refractivity contribution in [3.8, 4) is 11.1 Å². The summed E-state index contributed by atoms with van der Waals surface area (Å²) in [5, 5.41) is 29.1. The van der Waals surface area contributed by atoms with Crippen LogP contribution in [0.5, 0.6) is 0 Å². The van der Waals surface area contributed by atoms with E-state index in [4.69, 9.17) is 10.2 Å². The van der Waals surface area contributed by atoms with E-state index >= 15 is 0 Å². The third-order valence-corrected chi connectivity index (χ3v) is 3.29. The predicted molar refractivity (Wildman–Crippen MR) is 97.2 cm³/mol. The zero-order valence-electron chi connectivity index (χ0n) is 13.8. The third-order valence-electron chi connectivity index (χ3n) is 3.29. The van der Waals surface area contributed by atoms with Gasteiger partial charge in [0.2, 0.25) is 0 Å². The van der Waals surface area contributed by atoms with E-state index in [2.05, 4.69) is 38.0 Å². The number of hydrogen-bond donors (Lipinski definition) is 5. The number of carboxylic acids is 2. The zero-order chi connectivity index (χ0) is 18.8. The van der Waals surface area contributed by atoms with Crippen molar-refractivity contribution in [1.29, 1.82) is 0 Å². The Morgan fingerprint density at radius 2 is 1.92 bits per heavy atom. The van der Waals surface area contributed by atoms with Crippen molar-refractivity contribution in [2.45, 2.75) is 0 Å². The molecule has 1 aliphatic rings. The number of anilines is 1. The van der Waals surface area contributed by atoms with Gasteiger partial charge in [0, 0.05) is 41.7 Å². The molecule has 136 valence electrons. The van der Waals surface area contributed by atoms with Crippen molar-refractivity contribution in [3.63, 3.8) is 0 Å². The number of aliphatic carboxylic acids is 2. The number of carboxylic acid groups (broad SMARTS) is 2. The number of aliphatic imine (C=N–C) groups is 1. The summed E-state index contributed by atoms with van der Waals surface area (Å²) in [6.45, 7) is 2.55. The summed E-state index contributed by atoms with van der Waals surface area (Å²) in [4.78, 5) is 23.5. The van der Waals surface area contributed by atoms with Crippen LogP contribution in [0, 0.1) is 0 Å². The maximum Gasteiger partial charge on any atom is 0.328 e. The molecular formula is C17H19N5O4. The molecule has 0 saturated carbocycles. The van der Waals surface area contributed by atoms with Crippen LogP contribution in [0.1, 0.15) is 0 Å². The average molecular weight is 357 g/mol.